The van der Waals surface area contributed by atoms with Crippen LogP contribution in [0.15, 0.2) is 0 Å². The van der Waals surface area contributed by atoms with Crippen molar-refractivity contribution < 1.29 is 0 Å². The molecule has 1 fully saturated rings. The summed E-state index contributed by atoms with van der Waals surface area (Å²) >= 11 is 11.7. The van der Waals surface area contributed by atoms with E-state index in [-0.39, 0.29) is 0 Å². The van der Waals surface area contributed by atoms with Crippen molar-refractivity contribution in [2.24, 2.45) is 5.41 Å². The SMILES string of the molecule is CN1CCC(CCCl)(CCCl)CC1. The second kappa shape index (κ2) is 5.43. The smallest absolute Gasteiger partial charge is 0.0228 e. The van der Waals surface area contributed by atoms with E-state index in [4.69, 9.17) is 23.2 Å². The summed E-state index contributed by atoms with van der Waals surface area (Å²) in [5, 5.41) is 0. The quantitative estimate of drug-likeness (QED) is 0.663. The molecule has 3 heteroatoms. The summed E-state index contributed by atoms with van der Waals surface area (Å²) in [4.78, 5) is 2.39. The molecule has 0 aromatic carbocycles. The number of likely N-dealkylation sites (tertiary alicyclic amines) is 1. The molecule has 0 unspecified atom stereocenters. The zero-order valence-corrected chi connectivity index (χ0v) is 9.87. The summed E-state index contributed by atoms with van der Waals surface area (Å²) in [7, 11) is 2.19. The highest BCUT2D eigenvalue weighted by molar-refractivity contribution is 6.18. The van der Waals surface area contributed by atoms with Gasteiger partial charge in [0.1, 0.15) is 0 Å². The third-order valence-corrected chi connectivity index (χ3v) is 3.68. The van der Waals surface area contributed by atoms with E-state index < -0.39 is 0 Å². The lowest BCUT2D eigenvalue weighted by Gasteiger charge is -2.40. The van der Waals surface area contributed by atoms with E-state index >= 15 is 0 Å². The zero-order chi connectivity index (χ0) is 9.73. The molecule has 0 aliphatic carbocycles. The molecule has 0 saturated carbocycles. The molecule has 1 aliphatic heterocycles. The summed E-state index contributed by atoms with van der Waals surface area (Å²) in [5.74, 6) is 1.56. The van der Waals surface area contributed by atoms with E-state index in [0.29, 0.717) is 5.41 Å². The Hall–Kier alpha value is 0.540. The highest BCUT2D eigenvalue weighted by Crippen LogP contribution is 2.38. The molecule has 78 valence electrons. The Bertz CT molecular complexity index is 134. The van der Waals surface area contributed by atoms with Crippen LogP contribution in [0.4, 0.5) is 0 Å². The van der Waals surface area contributed by atoms with Gasteiger partial charge in [-0.1, -0.05) is 0 Å². The number of alkyl halides is 2. The Morgan fingerprint density at radius 3 is 1.92 bits per heavy atom. The molecule has 0 aromatic heterocycles. The van der Waals surface area contributed by atoms with Crippen LogP contribution in [0.25, 0.3) is 0 Å². The maximum absolute atomic E-state index is 5.84. The third kappa shape index (κ3) is 3.30. The van der Waals surface area contributed by atoms with Crippen molar-refractivity contribution in [3.8, 4) is 0 Å². The minimum Gasteiger partial charge on any atom is -0.306 e. The molecule has 1 rings (SSSR count). The van der Waals surface area contributed by atoms with Crippen molar-refractivity contribution >= 4 is 23.2 Å². The monoisotopic (exact) mass is 223 g/mol. The molecule has 0 radical (unpaired) electrons. The van der Waals surface area contributed by atoms with Gasteiger partial charge in [0.2, 0.25) is 0 Å². The predicted octanol–water partition coefficient (Wildman–Crippen LogP) is 2.96. The van der Waals surface area contributed by atoms with Crippen LogP contribution in [0.3, 0.4) is 0 Å². The second-order valence-corrected chi connectivity index (χ2v) is 4.94. The molecule has 1 saturated heterocycles. The molecule has 1 heterocycles. The minimum absolute atomic E-state index is 0.454. The molecule has 0 spiro atoms. The molecular formula is C10H19Cl2N. The van der Waals surface area contributed by atoms with Gasteiger partial charge < -0.3 is 4.90 Å². The van der Waals surface area contributed by atoms with Crippen molar-refractivity contribution in [3.63, 3.8) is 0 Å². The van der Waals surface area contributed by atoms with Crippen LogP contribution in [-0.4, -0.2) is 36.8 Å². The van der Waals surface area contributed by atoms with Crippen LogP contribution in [-0.2, 0) is 0 Å². The van der Waals surface area contributed by atoms with Gasteiger partial charge in [0, 0.05) is 11.8 Å². The Labute approximate surface area is 91.4 Å². The molecule has 1 aliphatic rings. The normalized spacial score (nSPS) is 23.3. The predicted molar refractivity (Wildman–Crippen MR) is 59.8 cm³/mol. The highest BCUT2D eigenvalue weighted by atomic mass is 35.5. The molecular weight excluding hydrogens is 205 g/mol. The molecule has 1 nitrogen and oxygen atoms in total. The number of piperidine rings is 1. The maximum Gasteiger partial charge on any atom is 0.0228 e. The number of hydrogen-bond acceptors (Lipinski definition) is 1. The van der Waals surface area contributed by atoms with Gasteiger partial charge in [0.15, 0.2) is 0 Å². The van der Waals surface area contributed by atoms with Gasteiger partial charge >= 0.3 is 0 Å². The average molecular weight is 224 g/mol. The van der Waals surface area contributed by atoms with Gasteiger partial charge in [-0.2, -0.15) is 0 Å². The van der Waals surface area contributed by atoms with E-state index in [1.54, 1.807) is 0 Å². The first-order valence-corrected chi connectivity index (χ1v) is 6.10. The number of hydrogen-bond donors (Lipinski definition) is 0. The standard InChI is InChI=1S/C10H19Cl2N/c1-13-8-4-10(2-6-11,3-7-12)5-9-13/h2-9H2,1H3. The van der Waals surface area contributed by atoms with Gasteiger partial charge in [-0.3, -0.25) is 0 Å². The molecule has 0 bridgehead atoms. The summed E-state index contributed by atoms with van der Waals surface area (Å²) in [6.45, 7) is 2.40. The fourth-order valence-corrected chi connectivity index (χ4v) is 2.92. The van der Waals surface area contributed by atoms with Crippen molar-refractivity contribution in [1.82, 2.24) is 4.90 Å². The van der Waals surface area contributed by atoms with Crippen molar-refractivity contribution in [3.05, 3.63) is 0 Å². The largest absolute Gasteiger partial charge is 0.306 e. The topological polar surface area (TPSA) is 3.24 Å². The van der Waals surface area contributed by atoms with Gasteiger partial charge in [-0.15, -0.1) is 23.2 Å². The first-order chi connectivity index (χ1) is 6.22. The Morgan fingerprint density at radius 1 is 1.08 bits per heavy atom. The summed E-state index contributed by atoms with van der Waals surface area (Å²) in [5.41, 5.74) is 0.454. The van der Waals surface area contributed by atoms with E-state index in [1.807, 2.05) is 0 Å². The molecule has 0 amide bonds. The molecule has 13 heavy (non-hydrogen) atoms. The maximum atomic E-state index is 5.84. The van der Waals surface area contributed by atoms with E-state index in [9.17, 15) is 0 Å². The highest BCUT2D eigenvalue weighted by Gasteiger charge is 2.32. The minimum atomic E-state index is 0.454. The lowest BCUT2D eigenvalue weighted by Crippen LogP contribution is -2.38. The van der Waals surface area contributed by atoms with Crippen LogP contribution in [0.2, 0.25) is 0 Å². The average Bonchev–Trinajstić information content (AvgIpc) is 2.11. The van der Waals surface area contributed by atoms with Gasteiger partial charge in [0.25, 0.3) is 0 Å². The first-order valence-electron chi connectivity index (χ1n) is 5.03. The summed E-state index contributed by atoms with van der Waals surface area (Å²) < 4.78 is 0. The van der Waals surface area contributed by atoms with Crippen molar-refractivity contribution in [2.75, 3.05) is 31.9 Å². The third-order valence-electron chi connectivity index (χ3n) is 3.30. The van der Waals surface area contributed by atoms with Crippen LogP contribution in [0, 0.1) is 5.41 Å². The second-order valence-electron chi connectivity index (χ2n) is 4.18. The van der Waals surface area contributed by atoms with Crippen molar-refractivity contribution in [2.45, 2.75) is 25.7 Å². The van der Waals surface area contributed by atoms with E-state index in [2.05, 4.69) is 11.9 Å². The van der Waals surface area contributed by atoms with Crippen LogP contribution in [0.5, 0.6) is 0 Å². The summed E-state index contributed by atoms with van der Waals surface area (Å²) in [6.07, 6.45) is 4.80. The van der Waals surface area contributed by atoms with E-state index in [0.717, 1.165) is 24.6 Å². The number of rotatable bonds is 4. The molecule has 0 aromatic rings. The lowest BCUT2D eigenvalue weighted by molar-refractivity contribution is 0.114. The number of halogens is 2. The lowest BCUT2D eigenvalue weighted by atomic mass is 9.74. The molecule has 0 atom stereocenters. The fraction of sp³-hybridized carbons (Fsp3) is 1.00. The van der Waals surface area contributed by atoms with Gasteiger partial charge in [-0.25, -0.2) is 0 Å². The van der Waals surface area contributed by atoms with Crippen molar-refractivity contribution in [1.29, 1.82) is 0 Å². The van der Waals surface area contributed by atoms with E-state index in [1.165, 1.54) is 25.9 Å². The Morgan fingerprint density at radius 2 is 1.54 bits per heavy atom. The van der Waals surface area contributed by atoms with Crippen LogP contribution in [0.1, 0.15) is 25.7 Å². The fourth-order valence-electron chi connectivity index (χ4n) is 2.12. The van der Waals surface area contributed by atoms with Gasteiger partial charge in [-0.05, 0) is 51.2 Å². The Balaban J connectivity index is 2.47. The molecule has 0 N–H and O–H groups in total. The number of nitrogens with zero attached hydrogens (tertiary/aromatic N) is 1. The summed E-state index contributed by atoms with van der Waals surface area (Å²) in [6, 6.07) is 0. The van der Waals surface area contributed by atoms with Gasteiger partial charge in [0.05, 0.1) is 0 Å². The Kier molecular flexibility index (Phi) is 4.85. The van der Waals surface area contributed by atoms with Crippen LogP contribution < -0.4 is 0 Å². The first kappa shape index (κ1) is 11.6. The van der Waals surface area contributed by atoms with Crippen LogP contribution >= 0.6 is 23.2 Å². The zero-order valence-electron chi connectivity index (χ0n) is 8.36.